The monoisotopic (exact) mass is 181 g/mol. The molecule has 1 unspecified atom stereocenters. The molecule has 0 fully saturated rings. The third kappa shape index (κ3) is 7.71. The van der Waals surface area contributed by atoms with Crippen LogP contribution in [0.15, 0.2) is 11.6 Å². The van der Waals surface area contributed by atoms with Crippen LogP contribution < -0.4 is 4.89 Å². The van der Waals surface area contributed by atoms with Crippen LogP contribution in [-0.2, 0) is 9.09 Å². The Morgan fingerprint density at radius 3 is 2.73 bits per heavy atom. The SMILES string of the molecule is C/C(=C\COP(=O)([O-])O)CO. The molecule has 1 atom stereocenters. The molecule has 0 aliphatic carbocycles. The van der Waals surface area contributed by atoms with Gasteiger partial charge in [0, 0.05) is 0 Å². The highest BCUT2D eigenvalue weighted by Gasteiger charge is 1.98. The van der Waals surface area contributed by atoms with Crippen molar-refractivity contribution in [1.82, 2.24) is 0 Å². The van der Waals surface area contributed by atoms with Gasteiger partial charge in [0.1, 0.15) is 0 Å². The maximum atomic E-state index is 9.97. The molecule has 5 nitrogen and oxygen atoms in total. The summed E-state index contributed by atoms with van der Waals surface area (Å²) < 4.78 is 13.9. The van der Waals surface area contributed by atoms with Crippen molar-refractivity contribution in [2.75, 3.05) is 13.2 Å². The fraction of sp³-hybridized carbons (Fsp3) is 0.600. The smallest absolute Gasteiger partial charge is 0.265 e. The summed E-state index contributed by atoms with van der Waals surface area (Å²) in [5, 5.41) is 8.43. The van der Waals surface area contributed by atoms with Crippen molar-refractivity contribution in [2.45, 2.75) is 6.92 Å². The van der Waals surface area contributed by atoms with Gasteiger partial charge in [-0.05, 0) is 12.5 Å². The van der Waals surface area contributed by atoms with E-state index < -0.39 is 7.82 Å². The van der Waals surface area contributed by atoms with Crippen LogP contribution in [0.5, 0.6) is 0 Å². The minimum Gasteiger partial charge on any atom is -0.756 e. The fourth-order valence-electron chi connectivity index (χ4n) is 0.338. The molecule has 66 valence electrons. The average Bonchev–Trinajstić information content (AvgIpc) is 1.85. The molecule has 0 saturated heterocycles. The zero-order chi connectivity index (χ0) is 8.91. The number of aliphatic hydroxyl groups is 1. The van der Waals surface area contributed by atoms with E-state index >= 15 is 0 Å². The molecule has 0 heterocycles. The lowest BCUT2D eigenvalue weighted by Gasteiger charge is -2.13. The van der Waals surface area contributed by atoms with Gasteiger partial charge in [-0.25, -0.2) is 0 Å². The van der Waals surface area contributed by atoms with Crippen LogP contribution in [-0.4, -0.2) is 23.2 Å². The van der Waals surface area contributed by atoms with Crippen LogP contribution in [0, 0.1) is 0 Å². The third-order valence-corrected chi connectivity index (χ3v) is 1.39. The van der Waals surface area contributed by atoms with Crippen LogP contribution in [0.4, 0.5) is 0 Å². The summed E-state index contributed by atoms with van der Waals surface area (Å²) in [5.74, 6) is 0. The van der Waals surface area contributed by atoms with E-state index in [1.54, 1.807) is 6.92 Å². The van der Waals surface area contributed by atoms with Crippen LogP contribution in [0.1, 0.15) is 6.92 Å². The van der Waals surface area contributed by atoms with Gasteiger partial charge in [0.2, 0.25) is 0 Å². The summed E-state index contributed by atoms with van der Waals surface area (Å²) in [5.41, 5.74) is 0.582. The van der Waals surface area contributed by atoms with Crippen molar-refractivity contribution in [3.05, 3.63) is 11.6 Å². The molecule has 0 bridgehead atoms. The molecule has 0 rings (SSSR count). The molecule has 11 heavy (non-hydrogen) atoms. The Morgan fingerprint density at radius 2 is 2.36 bits per heavy atom. The molecule has 0 amide bonds. The van der Waals surface area contributed by atoms with Crippen LogP contribution in [0.25, 0.3) is 0 Å². The van der Waals surface area contributed by atoms with E-state index in [-0.39, 0.29) is 13.2 Å². The van der Waals surface area contributed by atoms with E-state index in [0.29, 0.717) is 5.57 Å². The number of rotatable bonds is 4. The Labute approximate surface area is 64.6 Å². The molecule has 0 aromatic rings. The topological polar surface area (TPSA) is 89.8 Å². The third-order valence-electron chi connectivity index (χ3n) is 0.919. The number of aliphatic hydroxyl groups excluding tert-OH is 1. The highest BCUT2D eigenvalue weighted by atomic mass is 31.2. The molecule has 0 aliphatic rings. The zero-order valence-electron chi connectivity index (χ0n) is 6.06. The summed E-state index contributed by atoms with van der Waals surface area (Å²) in [6.45, 7) is 1.21. The minimum atomic E-state index is -4.61. The molecule has 0 spiro atoms. The zero-order valence-corrected chi connectivity index (χ0v) is 6.95. The molecular weight excluding hydrogens is 171 g/mol. The summed E-state index contributed by atoms with van der Waals surface area (Å²) in [6, 6.07) is 0. The van der Waals surface area contributed by atoms with E-state index in [4.69, 9.17) is 10.00 Å². The van der Waals surface area contributed by atoms with Crippen molar-refractivity contribution >= 4 is 7.82 Å². The lowest BCUT2D eigenvalue weighted by molar-refractivity contribution is -0.218. The van der Waals surface area contributed by atoms with Gasteiger partial charge >= 0.3 is 0 Å². The van der Waals surface area contributed by atoms with Crippen molar-refractivity contribution in [2.24, 2.45) is 0 Å². The Balaban J connectivity index is 3.66. The number of hydrogen-bond donors (Lipinski definition) is 2. The van der Waals surface area contributed by atoms with Gasteiger partial charge in [0.05, 0.1) is 13.2 Å². The van der Waals surface area contributed by atoms with Gasteiger partial charge in [0.25, 0.3) is 7.82 Å². The Morgan fingerprint density at radius 1 is 1.82 bits per heavy atom. The predicted molar refractivity (Wildman–Crippen MR) is 36.6 cm³/mol. The maximum Gasteiger partial charge on any atom is 0.265 e. The quantitative estimate of drug-likeness (QED) is 0.446. The Kier molecular flexibility index (Phi) is 4.56. The standard InChI is InChI=1S/C5H11O5P/c1-5(4-6)2-3-10-11(7,8)9/h2,6H,3-4H2,1H3,(H2,7,8,9)/p-1/b5-2+. The summed E-state index contributed by atoms with van der Waals surface area (Å²) in [7, 11) is -4.61. The van der Waals surface area contributed by atoms with Gasteiger partial charge in [-0.3, -0.25) is 4.57 Å². The first-order chi connectivity index (χ1) is 4.95. The first-order valence-corrected chi connectivity index (χ1v) is 4.40. The largest absolute Gasteiger partial charge is 0.756 e. The van der Waals surface area contributed by atoms with Gasteiger partial charge in [-0.2, -0.15) is 0 Å². The summed E-state index contributed by atoms with van der Waals surface area (Å²) in [6.07, 6.45) is 1.36. The molecule has 0 aromatic carbocycles. The maximum absolute atomic E-state index is 9.97. The first-order valence-electron chi connectivity index (χ1n) is 2.90. The van der Waals surface area contributed by atoms with Gasteiger partial charge in [-0.15, -0.1) is 0 Å². The Bertz CT molecular complexity index is 181. The molecule has 6 heteroatoms. The molecule has 0 aromatic heterocycles. The van der Waals surface area contributed by atoms with Gasteiger partial charge < -0.3 is 19.4 Å². The molecule has 2 N–H and O–H groups in total. The van der Waals surface area contributed by atoms with Crippen molar-refractivity contribution in [1.29, 1.82) is 0 Å². The highest BCUT2D eigenvalue weighted by Crippen LogP contribution is 2.29. The number of hydrogen-bond acceptors (Lipinski definition) is 4. The highest BCUT2D eigenvalue weighted by molar-refractivity contribution is 7.44. The second-order valence-corrected chi connectivity index (χ2v) is 3.17. The lowest BCUT2D eigenvalue weighted by atomic mass is 10.3. The van der Waals surface area contributed by atoms with Crippen LogP contribution in [0.2, 0.25) is 0 Å². The van der Waals surface area contributed by atoms with E-state index in [9.17, 15) is 9.46 Å². The molecule has 0 radical (unpaired) electrons. The minimum absolute atomic E-state index is 0.155. The lowest BCUT2D eigenvalue weighted by Crippen LogP contribution is -2.03. The van der Waals surface area contributed by atoms with Crippen LogP contribution >= 0.6 is 7.82 Å². The van der Waals surface area contributed by atoms with Crippen molar-refractivity contribution in [3.63, 3.8) is 0 Å². The van der Waals surface area contributed by atoms with Crippen molar-refractivity contribution in [3.8, 4) is 0 Å². The second-order valence-electron chi connectivity index (χ2n) is 1.97. The Hall–Kier alpha value is -0.190. The average molecular weight is 181 g/mol. The van der Waals surface area contributed by atoms with Crippen LogP contribution in [0.3, 0.4) is 0 Å². The molecule has 0 saturated carbocycles. The predicted octanol–water partition coefficient (Wildman–Crippen LogP) is -0.598. The van der Waals surface area contributed by atoms with Gasteiger partial charge in [0.15, 0.2) is 0 Å². The van der Waals surface area contributed by atoms with Crippen molar-refractivity contribution < 1.29 is 24.0 Å². The summed E-state index contributed by atoms with van der Waals surface area (Å²) in [4.78, 5) is 18.1. The normalized spacial score (nSPS) is 18.0. The number of phosphoric ester groups is 1. The fourth-order valence-corrected chi connectivity index (χ4v) is 0.601. The number of phosphoric acid groups is 1. The summed E-state index contributed by atoms with van der Waals surface area (Å²) >= 11 is 0. The molecular formula is C5H10O5P-. The van der Waals surface area contributed by atoms with Gasteiger partial charge in [-0.1, -0.05) is 6.08 Å². The van der Waals surface area contributed by atoms with E-state index in [0.717, 1.165) is 0 Å². The van der Waals surface area contributed by atoms with E-state index in [1.165, 1.54) is 6.08 Å². The van der Waals surface area contributed by atoms with E-state index in [1.807, 2.05) is 0 Å². The second kappa shape index (κ2) is 4.64. The first kappa shape index (κ1) is 10.8. The van der Waals surface area contributed by atoms with E-state index in [2.05, 4.69) is 4.52 Å². The molecule has 0 aliphatic heterocycles.